The van der Waals surface area contributed by atoms with Crippen molar-refractivity contribution in [1.82, 2.24) is 4.72 Å². The maximum absolute atomic E-state index is 11.4. The second kappa shape index (κ2) is 5.22. The maximum Gasteiger partial charge on any atom is 0.329 e. The lowest BCUT2D eigenvalue weighted by atomic mass is 9.87. The number of nitrogens with one attached hydrogen (secondary N) is 1. The highest BCUT2D eigenvalue weighted by molar-refractivity contribution is 7.88. The van der Waals surface area contributed by atoms with Crippen molar-refractivity contribution in [1.29, 1.82) is 0 Å². The molecule has 1 aromatic rings. The van der Waals surface area contributed by atoms with Crippen molar-refractivity contribution in [3.8, 4) is 0 Å². The summed E-state index contributed by atoms with van der Waals surface area (Å²) >= 11 is 0. The summed E-state index contributed by atoms with van der Waals surface area (Å²) in [5.41, 5.74) is 0.228. The fourth-order valence-electron chi connectivity index (χ4n) is 2.09. The second-order valence-corrected chi connectivity index (χ2v) is 6.46. The number of benzene rings is 1. The van der Waals surface area contributed by atoms with E-state index in [4.69, 9.17) is 0 Å². The third kappa shape index (κ3) is 3.15. The quantitative estimate of drug-likeness (QED) is 0.879. The van der Waals surface area contributed by atoms with Gasteiger partial charge in [-0.2, -0.15) is 4.72 Å². The smallest absolute Gasteiger partial charge is 0.329 e. The second-order valence-electron chi connectivity index (χ2n) is 4.71. The molecule has 0 heterocycles. The number of sulfonamides is 1. The largest absolute Gasteiger partial charge is 0.480 e. The third-order valence-electron chi connectivity index (χ3n) is 3.05. The van der Waals surface area contributed by atoms with Gasteiger partial charge in [-0.3, -0.25) is 0 Å². The first-order chi connectivity index (χ1) is 9.32. The highest BCUT2D eigenvalue weighted by atomic mass is 32.2. The van der Waals surface area contributed by atoms with Gasteiger partial charge in [0.2, 0.25) is 10.0 Å². The van der Waals surface area contributed by atoms with E-state index in [1.54, 1.807) is 12.2 Å². The molecule has 0 amide bonds. The monoisotopic (exact) mass is 293 g/mol. The van der Waals surface area contributed by atoms with Crippen LogP contribution in [0.2, 0.25) is 0 Å². The summed E-state index contributed by atoms with van der Waals surface area (Å²) in [6.07, 6.45) is 5.75. The van der Waals surface area contributed by atoms with Crippen LogP contribution in [0.3, 0.4) is 0 Å². The van der Waals surface area contributed by atoms with Gasteiger partial charge < -0.3 is 5.11 Å². The van der Waals surface area contributed by atoms with Gasteiger partial charge in [0, 0.05) is 0 Å². The Balaban J connectivity index is 2.30. The molecule has 0 saturated heterocycles. The molecule has 1 unspecified atom stereocenters. The standard InChI is InChI=1S/C14H15NO4S/c1-20(18,19)15-14(13(16)17)9-7-12(8-10-14)11-5-3-2-4-6-11/h2-9,15H,10H2,1H3,(H,16,17). The Labute approximate surface area is 117 Å². The van der Waals surface area contributed by atoms with E-state index < -0.39 is 21.5 Å². The van der Waals surface area contributed by atoms with Crippen LogP contribution in [0, 0.1) is 0 Å². The molecule has 5 nitrogen and oxygen atoms in total. The molecular formula is C14H15NO4S. The zero-order chi connectivity index (χ0) is 14.8. The maximum atomic E-state index is 11.4. The molecule has 0 aromatic heterocycles. The lowest BCUT2D eigenvalue weighted by Crippen LogP contribution is -2.53. The number of carbonyl (C=O) groups is 1. The van der Waals surface area contributed by atoms with Gasteiger partial charge in [0.15, 0.2) is 5.54 Å². The molecule has 0 fully saturated rings. The molecule has 20 heavy (non-hydrogen) atoms. The molecule has 0 radical (unpaired) electrons. The molecule has 0 bridgehead atoms. The van der Waals surface area contributed by atoms with E-state index in [1.165, 1.54) is 6.08 Å². The van der Waals surface area contributed by atoms with Gasteiger partial charge in [0.05, 0.1) is 6.26 Å². The molecule has 0 spiro atoms. The summed E-state index contributed by atoms with van der Waals surface area (Å²) in [5, 5.41) is 9.30. The van der Waals surface area contributed by atoms with Crippen LogP contribution in [0.4, 0.5) is 0 Å². The van der Waals surface area contributed by atoms with Crippen molar-refractivity contribution in [2.24, 2.45) is 0 Å². The molecule has 1 aliphatic rings. The number of aliphatic carboxylic acids is 1. The fourth-order valence-corrected chi connectivity index (χ4v) is 2.99. The van der Waals surface area contributed by atoms with E-state index in [-0.39, 0.29) is 6.42 Å². The molecule has 2 rings (SSSR count). The predicted octanol–water partition coefficient (Wildman–Crippen LogP) is 1.40. The Hall–Kier alpha value is -1.92. The Morgan fingerprint density at radius 1 is 1.30 bits per heavy atom. The number of allylic oxidation sites excluding steroid dienone is 2. The average molecular weight is 293 g/mol. The van der Waals surface area contributed by atoms with Crippen molar-refractivity contribution >= 4 is 21.6 Å². The number of carboxylic acids is 1. The van der Waals surface area contributed by atoms with E-state index in [0.29, 0.717) is 0 Å². The predicted molar refractivity (Wildman–Crippen MR) is 76.5 cm³/mol. The van der Waals surface area contributed by atoms with Gasteiger partial charge in [0.1, 0.15) is 0 Å². The zero-order valence-electron chi connectivity index (χ0n) is 10.9. The first-order valence-electron chi connectivity index (χ1n) is 6.00. The minimum Gasteiger partial charge on any atom is -0.480 e. The summed E-state index contributed by atoms with van der Waals surface area (Å²) < 4.78 is 24.8. The van der Waals surface area contributed by atoms with Crippen LogP contribution in [-0.2, 0) is 14.8 Å². The Morgan fingerprint density at radius 2 is 1.95 bits per heavy atom. The SMILES string of the molecule is CS(=O)(=O)NC1(C(=O)O)C=CC(c2ccccc2)=CC1. The van der Waals surface area contributed by atoms with Crippen molar-refractivity contribution in [3.05, 3.63) is 54.1 Å². The lowest BCUT2D eigenvalue weighted by Gasteiger charge is -2.28. The van der Waals surface area contributed by atoms with E-state index in [0.717, 1.165) is 17.4 Å². The normalized spacial score (nSPS) is 22.4. The Morgan fingerprint density at radius 3 is 2.40 bits per heavy atom. The van der Waals surface area contributed by atoms with Crippen molar-refractivity contribution in [3.63, 3.8) is 0 Å². The molecule has 2 N–H and O–H groups in total. The van der Waals surface area contributed by atoms with Gasteiger partial charge in [0.25, 0.3) is 0 Å². The third-order valence-corrected chi connectivity index (χ3v) is 3.78. The average Bonchev–Trinajstić information content (AvgIpc) is 2.38. The molecule has 1 aromatic carbocycles. The van der Waals surface area contributed by atoms with Crippen molar-refractivity contribution < 1.29 is 18.3 Å². The van der Waals surface area contributed by atoms with E-state index in [1.807, 2.05) is 30.3 Å². The van der Waals surface area contributed by atoms with Crippen molar-refractivity contribution in [2.45, 2.75) is 12.0 Å². The number of carboxylic acid groups (broad SMARTS) is 1. The minimum absolute atomic E-state index is 0.0656. The molecule has 1 atom stereocenters. The van der Waals surface area contributed by atoms with Gasteiger partial charge in [-0.1, -0.05) is 48.6 Å². The topological polar surface area (TPSA) is 83.5 Å². The Kier molecular flexibility index (Phi) is 3.78. The zero-order valence-corrected chi connectivity index (χ0v) is 11.7. The molecule has 0 aliphatic heterocycles. The summed E-state index contributed by atoms with van der Waals surface area (Å²) in [4.78, 5) is 11.4. The van der Waals surface area contributed by atoms with Crippen LogP contribution in [0.5, 0.6) is 0 Å². The molecule has 1 aliphatic carbocycles. The van der Waals surface area contributed by atoms with Crippen LogP contribution >= 0.6 is 0 Å². The van der Waals surface area contributed by atoms with Crippen molar-refractivity contribution in [2.75, 3.05) is 6.26 Å². The minimum atomic E-state index is -3.62. The van der Waals surface area contributed by atoms with E-state index in [9.17, 15) is 18.3 Å². The number of hydrogen-bond acceptors (Lipinski definition) is 3. The molecule has 106 valence electrons. The summed E-state index contributed by atoms with van der Waals surface area (Å²) in [6.45, 7) is 0. The first-order valence-corrected chi connectivity index (χ1v) is 7.89. The van der Waals surface area contributed by atoms with Gasteiger partial charge in [-0.05, 0) is 17.6 Å². The number of rotatable bonds is 4. The van der Waals surface area contributed by atoms with Crippen LogP contribution in [-0.4, -0.2) is 31.3 Å². The Bertz CT molecular complexity index is 676. The highest BCUT2D eigenvalue weighted by Crippen LogP contribution is 2.27. The van der Waals surface area contributed by atoms with E-state index >= 15 is 0 Å². The van der Waals surface area contributed by atoms with Crippen LogP contribution in [0.1, 0.15) is 12.0 Å². The van der Waals surface area contributed by atoms with Crippen LogP contribution in [0.25, 0.3) is 5.57 Å². The molecular weight excluding hydrogens is 278 g/mol. The van der Waals surface area contributed by atoms with Gasteiger partial charge in [-0.25, -0.2) is 13.2 Å². The molecule has 6 heteroatoms. The first kappa shape index (κ1) is 14.5. The van der Waals surface area contributed by atoms with E-state index in [2.05, 4.69) is 4.72 Å². The van der Waals surface area contributed by atoms with Crippen LogP contribution in [0.15, 0.2) is 48.6 Å². The van der Waals surface area contributed by atoms with Gasteiger partial charge >= 0.3 is 5.97 Å². The number of hydrogen-bond donors (Lipinski definition) is 2. The fraction of sp³-hybridized carbons (Fsp3) is 0.214. The van der Waals surface area contributed by atoms with Gasteiger partial charge in [-0.15, -0.1) is 0 Å². The van der Waals surface area contributed by atoms with Crippen LogP contribution < -0.4 is 4.72 Å². The summed E-state index contributed by atoms with van der Waals surface area (Å²) in [6, 6.07) is 9.49. The summed E-state index contributed by atoms with van der Waals surface area (Å²) in [5.74, 6) is -1.22. The summed E-state index contributed by atoms with van der Waals surface area (Å²) in [7, 11) is -3.62. The lowest BCUT2D eigenvalue weighted by molar-refractivity contribution is -0.141. The highest BCUT2D eigenvalue weighted by Gasteiger charge is 2.39. The molecule has 0 saturated carbocycles.